The van der Waals surface area contributed by atoms with E-state index in [2.05, 4.69) is 5.32 Å². The fourth-order valence-electron chi connectivity index (χ4n) is 3.48. The number of rotatable bonds is 6. The van der Waals surface area contributed by atoms with Crippen LogP contribution in [-0.4, -0.2) is 48.1 Å². The van der Waals surface area contributed by atoms with Crippen LogP contribution in [0.15, 0.2) is 18.2 Å². The van der Waals surface area contributed by atoms with Gasteiger partial charge in [0.1, 0.15) is 11.9 Å². The van der Waals surface area contributed by atoms with Gasteiger partial charge in [0.25, 0.3) is 0 Å². The third-order valence-electron chi connectivity index (χ3n) is 5.14. The molecule has 0 spiro atoms. The summed E-state index contributed by atoms with van der Waals surface area (Å²) in [5, 5.41) is 2.36. The molecule has 3 amide bonds. The van der Waals surface area contributed by atoms with Crippen LogP contribution in [0.1, 0.15) is 37.3 Å². The highest BCUT2D eigenvalue weighted by Crippen LogP contribution is 2.35. The standard InChI is InChI=1S/C18H21ClF3N3O3/c19-12-7-10(1-2-13(12)20)15(25-8-14(16(23)26)24-17(25)27)9-28-11-3-5-18(21,22)6-4-11/h1-2,7,11,14-15H,3-6,8-9H2,(H2,23,26)(H,24,27)/t14-,15-/m0/s1. The molecule has 1 heterocycles. The molecule has 3 rings (SSSR count). The number of carbonyl (C=O) groups is 2. The molecule has 2 aliphatic rings. The smallest absolute Gasteiger partial charge is 0.318 e. The van der Waals surface area contributed by atoms with Gasteiger partial charge in [0, 0.05) is 12.8 Å². The Hall–Kier alpha value is -2.00. The zero-order chi connectivity index (χ0) is 20.5. The lowest BCUT2D eigenvalue weighted by Crippen LogP contribution is -2.39. The van der Waals surface area contributed by atoms with E-state index >= 15 is 0 Å². The molecule has 154 valence electrons. The largest absolute Gasteiger partial charge is 0.376 e. The highest BCUT2D eigenvalue weighted by atomic mass is 35.5. The van der Waals surface area contributed by atoms with E-state index in [-0.39, 0.29) is 50.0 Å². The predicted octanol–water partition coefficient (Wildman–Crippen LogP) is 2.99. The van der Waals surface area contributed by atoms with Crippen molar-refractivity contribution >= 4 is 23.5 Å². The second-order valence-corrected chi connectivity index (χ2v) is 7.54. The van der Waals surface area contributed by atoms with E-state index < -0.39 is 35.8 Å². The SMILES string of the molecule is NC(=O)[C@@H]1CN([C@@H](COC2CCC(F)(F)CC2)c2ccc(F)c(Cl)c2)C(=O)N1. The number of carbonyl (C=O) groups excluding carboxylic acids is 2. The Kier molecular flexibility index (Phi) is 6.04. The topological polar surface area (TPSA) is 84.7 Å². The summed E-state index contributed by atoms with van der Waals surface area (Å²) in [6.45, 7) is 0.0109. The lowest BCUT2D eigenvalue weighted by molar-refractivity contribution is -0.119. The van der Waals surface area contributed by atoms with Crippen molar-refractivity contribution in [2.45, 2.75) is 49.8 Å². The minimum Gasteiger partial charge on any atom is -0.376 e. The van der Waals surface area contributed by atoms with Gasteiger partial charge >= 0.3 is 6.03 Å². The van der Waals surface area contributed by atoms with E-state index in [1.54, 1.807) is 0 Å². The summed E-state index contributed by atoms with van der Waals surface area (Å²) in [6.07, 6.45) is -0.451. The number of alkyl halides is 2. The van der Waals surface area contributed by atoms with Gasteiger partial charge in [-0.1, -0.05) is 17.7 Å². The third-order valence-corrected chi connectivity index (χ3v) is 5.43. The number of hydrogen-bond donors (Lipinski definition) is 2. The highest BCUT2D eigenvalue weighted by Gasteiger charge is 2.39. The summed E-state index contributed by atoms with van der Waals surface area (Å²) in [4.78, 5) is 25.1. The van der Waals surface area contributed by atoms with Crippen molar-refractivity contribution in [3.63, 3.8) is 0 Å². The van der Waals surface area contributed by atoms with Crippen molar-refractivity contribution in [1.82, 2.24) is 10.2 Å². The Bertz CT molecular complexity index is 755. The van der Waals surface area contributed by atoms with E-state index in [9.17, 15) is 22.8 Å². The average Bonchev–Trinajstić information content (AvgIpc) is 3.01. The quantitative estimate of drug-likeness (QED) is 0.743. The molecule has 10 heteroatoms. The van der Waals surface area contributed by atoms with E-state index in [1.165, 1.54) is 23.1 Å². The number of nitrogens with one attached hydrogen (secondary N) is 1. The molecule has 0 bridgehead atoms. The first kappa shape index (κ1) is 20.7. The fourth-order valence-corrected chi connectivity index (χ4v) is 3.67. The lowest BCUT2D eigenvalue weighted by atomic mass is 9.94. The molecule has 1 saturated carbocycles. The molecular weight excluding hydrogens is 399 g/mol. The molecule has 1 aliphatic heterocycles. The second kappa shape index (κ2) is 8.16. The summed E-state index contributed by atoms with van der Waals surface area (Å²) in [6, 6.07) is 1.96. The number of urea groups is 1. The number of primary amides is 1. The Labute approximate surface area is 165 Å². The van der Waals surface area contributed by atoms with Crippen molar-refractivity contribution in [2.24, 2.45) is 5.73 Å². The molecular formula is C18H21ClF3N3O3. The molecule has 0 aromatic heterocycles. The van der Waals surface area contributed by atoms with Crippen LogP contribution in [0.2, 0.25) is 5.02 Å². The molecule has 1 aliphatic carbocycles. The predicted molar refractivity (Wildman–Crippen MR) is 95.5 cm³/mol. The number of nitrogens with zero attached hydrogens (tertiary/aromatic N) is 1. The highest BCUT2D eigenvalue weighted by molar-refractivity contribution is 6.30. The Morgan fingerprint density at radius 1 is 1.39 bits per heavy atom. The molecule has 0 unspecified atom stereocenters. The number of hydrogen-bond acceptors (Lipinski definition) is 3. The summed E-state index contributed by atoms with van der Waals surface area (Å²) < 4.78 is 46.0. The van der Waals surface area contributed by atoms with Crippen LogP contribution in [0.25, 0.3) is 0 Å². The van der Waals surface area contributed by atoms with Gasteiger partial charge in [0.05, 0.1) is 30.3 Å². The maximum Gasteiger partial charge on any atom is 0.318 e. The summed E-state index contributed by atoms with van der Waals surface area (Å²) >= 11 is 5.87. The first-order valence-corrected chi connectivity index (χ1v) is 9.35. The van der Waals surface area contributed by atoms with Gasteiger partial charge in [-0.15, -0.1) is 0 Å². The number of amides is 3. The molecule has 0 radical (unpaired) electrons. The molecule has 1 aromatic carbocycles. The van der Waals surface area contributed by atoms with Gasteiger partial charge in [-0.25, -0.2) is 18.0 Å². The maximum absolute atomic E-state index is 13.5. The van der Waals surface area contributed by atoms with Gasteiger partial charge in [-0.05, 0) is 30.5 Å². The molecule has 2 fully saturated rings. The van der Waals surface area contributed by atoms with Gasteiger partial charge in [0.2, 0.25) is 11.8 Å². The molecule has 28 heavy (non-hydrogen) atoms. The number of ether oxygens (including phenoxy) is 1. The number of nitrogens with two attached hydrogens (primary N) is 1. The van der Waals surface area contributed by atoms with Gasteiger partial charge in [-0.2, -0.15) is 0 Å². The van der Waals surface area contributed by atoms with E-state index in [0.717, 1.165) is 0 Å². The van der Waals surface area contributed by atoms with Crippen LogP contribution in [0, 0.1) is 5.82 Å². The van der Waals surface area contributed by atoms with Crippen molar-refractivity contribution in [3.8, 4) is 0 Å². The van der Waals surface area contributed by atoms with Crippen LogP contribution in [0.5, 0.6) is 0 Å². The van der Waals surface area contributed by atoms with E-state index in [4.69, 9.17) is 22.1 Å². The van der Waals surface area contributed by atoms with Crippen LogP contribution < -0.4 is 11.1 Å². The summed E-state index contributed by atoms with van der Waals surface area (Å²) in [7, 11) is 0. The van der Waals surface area contributed by atoms with Crippen molar-refractivity contribution in [2.75, 3.05) is 13.2 Å². The van der Waals surface area contributed by atoms with Gasteiger partial charge in [-0.3, -0.25) is 4.79 Å². The fraction of sp³-hybridized carbons (Fsp3) is 0.556. The normalized spacial score (nSPS) is 23.5. The molecule has 6 nitrogen and oxygen atoms in total. The van der Waals surface area contributed by atoms with Crippen LogP contribution >= 0.6 is 11.6 Å². The lowest BCUT2D eigenvalue weighted by Gasteiger charge is -2.32. The zero-order valence-corrected chi connectivity index (χ0v) is 15.7. The summed E-state index contributed by atoms with van der Waals surface area (Å²) in [5.74, 6) is -3.96. The second-order valence-electron chi connectivity index (χ2n) is 7.13. The van der Waals surface area contributed by atoms with Crippen LogP contribution in [0.3, 0.4) is 0 Å². The number of benzene rings is 1. The van der Waals surface area contributed by atoms with Gasteiger partial charge < -0.3 is 20.7 Å². The average molecular weight is 420 g/mol. The van der Waals surface area contributed by atoms with Crippen LogP contribution in [-0.2, 0) is 9.53 Å². The molecule has 2 atom stereocenters. The van der Waals surface area contributed by atoms with Crippen molar-refractivity contribution in [1.29, 1.82) is 0 Å². The third kappa shape index (κ3) is 4.70. The minimum atomic E-state index is -2.67. The Morgan fingerprint density at radius 3 is 2.64 bits per heavy atom. The first-order valence-electron chi connectivity index (χ1n) is 8.97. The Morgan fingerprint density at radius 2 is 2.07 bits per heavy atom. The summed E-state index contributed by atoms with van der Waals surface area (Å²) in [5.41, 5.74) is 5.78. The van der Waals surface area contributed by atoms with Crippen molar-refractivity contribution < 1.29 is 27.5 Å². The van der Waals surface area contributed by atoms with Crippen LogP contribution in [0.4, 0.5) is 18.0 Å². The Balaban J connectivity index is 1.76. The monoisotopic (exact) mass is 419 g/mol. The molecule has 3 N–H and O–H groups in total. The van der Waals surface area contributed by atoms with E-state index in [1.807, 2.05) is 0 Å². The minimum absolute atomic E-state index is 0.00288. The first-order chi connectivity index (χ1) is 13.2. The zero-order valence-electron chi connectivity index (χ0n) is 15.0. The van der Waals surface area contributed by atoms with Gasteiger partial charge in [0.15, 0.2) is 0 Å². The number of halogens is 4. The van der Waals surface area contributed by atoms with Crippen molar-refractivity contribution in [3.05, 3.63) is 34.6 Å². The molecule has 1 saturated heterocycles. The molecule has 1 aromatic rings. The maximum atomic E-state index is 13.5. The van der Waals surface area contributed by atoms with E-state index in [0.29, 0.717) is 5.56 Å².